The highest BCUT2D eigenvalue weighted by molar-refractivity contribution is 5.91. The van der Waals surface area contributed by atoms with Crippen molar-refractivity contribution < 1.29 is 14.1 Å². The predicted octanol–water partition coefficient (Wildman–Crippen LogP) is 2.30. The van der Waals surface area contributed by atoms with Crippen LogP contribution in [-0.4, -0.2) is 20.6 Å². The molecule has 2 heterocycles. The molecule has 0 aliphatic heterocycles. The van der Waals surface area contributed by atoms with Gasteiger partial charge in [0.1, 0.15) is 4.92 Å². The second kappa shape index (κ2) is 6.14. The van der Waals surface area contributed by atoms with Crippen molar-refractivity contribution >= 4 is 11.8 Å². The molecule has 0 unspecified atom stereocenters. The first kappa shape index (κ1) is 14.5. The van der Waals surface area contributed by atoms with Gasteiger partial charge in [-0.3, -0.25) is 14.9 Å². The SMILES string of the molecule is O=C(NCc1ccc(-n2cccn2)cc1)c1ccc([N+](=O)[O-])o1. The van der Waals surface area contributed by atoms with Gasteiger partial charge in [-0.15, -0.1) is 0 Å². The second-order valence-electron chi connectivity index (χ2n) is 4.69. The monoisotopic (exact) mass is 312 g/mol. The highest BCUT2D eigenvalue weighted by Gasteiger charge is 2.16. The van der Waals surface area contributed by atoms with Crippen molar-refractivity contribution in [2.75, 3.05) is 0 Å². The Kier molecular flexibility index (Phi) is 3.88. The Balaban J connectivity index is 1.61. The summed E-state index contributed by atoms with van der Waals surface area (Å²) in [7, 11) is 0. The number of furan rings is 1. The molecular formula is C15H12N4O4. The van der Waals surface area contributed by atoms with Gasteiger partial charge in [0.2, 0.25) is 0 Å². The van der Waals surface area contributed by atoms with E-state index in [-0.39, 0.29) is 12.3 Å². The molecule has 8 heteroatoms. The van der Waals surface area contributed by atoms with Crippen LogP contribution >= 0.6 is 0 Å². The van der Waals surface area contributed by atoms with Crippen molar-refractivity contribution in [3.8, 4) is 5.69 Å². The number of carbonyl (C=O) groups excluding carboxylic acids is 1. The van der Waals surface area contributed by atoms with Crippen LogP contribution in [-0.2, 0) is 6.54 Å². The van der Waals surface area contributed by atoms with Crippen molar-refractivity contribution in [1.29, 1.82) is 0 Å². The third-order valence-corrected chi connectivity index (χ3v) is 3.15. The fourth-order valence-corrected chi connectivity index (χ4v) is 2.01. The van der Waals surface area contributed by atoms with Crippen molar-refractivity contribution in [3.05, 3.63) is 76.3 Å². The third-order valence-electron chi connectivity index (χ3n) is 3.15. The lowest BCUT2D eigenvalue weighted by Crippen LogP contribution is -2.22. The van der Waals surface area contributed by atoms with Gasteiger partial charge in [-0.1, -0.05) is 12.1 Å². The lowest BCUT2D eigenvalue weighted by atomic mass is 10.2. The number of nitrogens with zero attached hydrogens (tertiary/aromatic N) is 3. The van der Waals surface area contributed by atoms with Crippen molar-refractivity contribution in [2.24, 2.45) is 0 Å². The van der Waals surface area contributed by atoms with Gasteiger partial charge in [0.25, 0.3) is 5.91 Å². The third kappa shape index (κ3) is 3.26. The Bertz CT molecular complexity index is 822. The molecule has 1 N–H and O–H groups in total. The molecule has 0 atom stereocenters. The smallest absolute Gasteiger partial charge is 0.395 e. The quantitative estimate of drug-likeness (QED) is 0.575. The summed E-state index contributed by atoms with van der Waals surface area (Å²) >= 11 is 0. The summed E-state index contributed by atoms with van der Waals surface area (Å²) in [5.41, 5.74) is 1.79. The van der Waals surface area contributed by atoms with Gasteiger partial charge in [-0.05, 0) is 29.8 Å². The lowest BCUT2D eigenvalue weighted by Gasteiger charge is -2.05. The number of carbonyl (C=O) groups is 1. The topological polar surface area (TPSA) is 103 Å². The van der Waals surface area contributed by atoms with Gasteiger partial charge < -0.3 is 9.73 Å². The maximum atomic E-state index is 11.9. The Morgan fingerprint density at radius 2 is 2.04 bits per heavy atom. The molecule has 0 aliphatic rings. The van der Waals surface area contributed by atoms with Crippen molar-refractivity contribution in [3.63, 3.8) is 0 Å². The molecule has 116 valence electrons. The van der Waals surface area contributed by atoms with E-state index in [1.54, 1.807) is 10.9 Å². The second-order valence-corrected chi connectivity index (χ2v) is 4.69. The molecule has 3 aromatic rings. The van der Waals surface area contributed by atoms with Gasteiger partial charge in [0.05, 0.1) is 11.8 Å². The van der Waals surface area contributed by atoms with Gasteiger partial charge >= 0.3 is 5.88 Å². The van der Waals surface area contributed by atoms with Crippen LogP contribution in [0.5, 0.6) is 0 Å². The molecule has 0 aliphatic carbocycles. The molecule has 1 aromatic carbocycles. The van der Waals surface area contributed by atoms with Crippen molar-refractivity contribution in [2.45, 2.75) is 6.54 Å². The van der Waals surface area contributed by atoms with Crippen LogP contribution < -0.4 is 5.32 Å². The molecule has 0 bridgehead atoms. The standard InChI is InChI=1S/C15H12N4O4/c20-15(13-6-7-14(23-13)19(21)22)16-10-11-2-4-12(5-3-11)18-9-1-8-17-18/h1-9H,10H2,(H,16,20). The Labute approximate surface area is 130 Å². The van der Waals surface area contributed by atoms with E-state index in [1.807, 2.05) is 36.5 Å². The van der Waals surface area contributed by atoms with Crippen LogP contribution in [0, 0.1) is 10.1 Å². The normalized spacial score (nSPS) is 10.4. The Morgan fingerprint density at radius 1 is 1.26 bits per heavy atom. The molecular weight excluding hydrogens is 300 g/mol. The average Bonchev–Trinajstić information content (AvgIpc) is 3.24. The lowest BCUT2D eigenvalue weighted by molar-refractivity contribution is -0.402. The molecule has 3 rings (SSSR count). The van der Waals surface area contributed by atoms with Gasteiger partial charge in [-0.25, -0.2) is 4.68 Å². The molecule has 23 heavy (non-hydrogen) atoms. The van der Waals surface area contributed by atoms with E-state index in [2.05, 4.69) is 10.4 Å². The number of nitro groups is 1. The Hall–Kier alpha value is -3.42. The van der Waals surface area contributed by atoms with Crippen LogP contribution in [0.25, 0.3) is 5.69 Å². The zero-order valence-corrected chi connectivity index (χ0v) is 11.9. The zero-order valence-electron chi connectivity index (χ0n) is 11.9. The van der Waals surface area contributed by atoms with Crippen LogP contribution in [0.4, 0.5) is 5.88 Å². The largest absolute Gasteiger partial charge is 0.433 e. The van der Waals surface area contributed by atoms with Crippen LogP contribution in [0.2, 0.25) is 0 Å². The summed E-state index contributed by atoms with van der Waals surface area (Å²) in [4.78, 5) is 21.7. The molecule has 0 spiro atoms. The van der Waals surface area contributed by atoms with Gasteiger partial charge in [-0.2, -0.15) is 5.10 Å². The van der Waals surface area contributed by atoms with E-state index in [4.69, 9.17) is 4.42 Å². The first-order valence-electron chi connectivity index (χ1n) is 6.75. The summed E-state index contributed by atoms with van der Waals surface area (Å²) < 4.78 is 6.57. The fraction of sp³-hybridized carbons (Fsp3) is 0.0667. The first-order valence-corrected chi connectivity index (χ1v) is 6.75. The molecule has 0 saturated carbocycles. The molecule has 0 radical (unpaired) electrons. The minimum absolute atomic E-state index is 0.0927. The zero-order chi connectivity index (χ0) is 16.2. The van der Waals surface area contributed by atoms with E-state index in [9.17, 15) is 14.9 Å². The minimum atomic E-state index is -0.690. The van der Waals surface area contributed by atoms with E-state index < -0.39 is 16.7 Å². The summed E-state index contributed by atoms with van der Waals surface area (Å²) in [5, 5.41) is 17.3. The first-order chi connectivity index (χ1) is 11.1. The van der Waals surface area contributed by atoms with E-state index >= 15 is 0 Å². The number of amides is 1. The summed E-state index contributed by atoms with van der Waals surface area (Å²) in [6.45, 7) is 0.284. The summed E-state index contributed by atoms with van der Waals surface area (Å²) in [6.07, 6.45) is 3.53. The molecule has 0 saturated heterocycles. The van der Waals surface area contributed by atoms with Crippen LogP contribution in [0.15, 0.2) is 59.3 Å². The number of hydrogen-bond donors (Lipinski definition) is 1. The molecule has 0 fully saturated rings. The Morgan fingerprint density at radius 3 is 2.65 bits per heavy atom. The number of nitrogens with one attached hydrogen (secondary N) is 1. The highest BCUT2D eigenvalue weighted by Crippen LogP contribution is 2.15. The predicted molar refractivity (Wildman–Crippen MR) is 80.1 cm³/mol. The molecule has 8 nitrogen and oxygen atoms in total. The molecule has 2 aromatic heterocycles. The molecule has 1 amide bonds. The maximum absolute atomic E-state index is 11.9. The van der Waals surface area contributed by atoms with Gasteiger partial charge in [0.15, 0.2) is 5.76 Å². The van der Waals surface area contributed by atoms with Crippen molar-refractivity contribution in [1.82, 2.24) is 15.1 Å². The van der Waals surface area contributed by atoms with E-state index in [0.29, 0.717) is 0 Å². The van der Waals surface area contributed by atoms with Crippen LogP contribution in [0.1, 0.15) is 16.1 Å². The number of rotatable bonds is 5. The van der Waals surface area contributed by atoms with E-state index in [0.717, 1.165) is 17.3 Å². The number of benzene rings is 1. The average molecular weight is 312 g/mol. The minimum Gasteiger partial charge on any atom is -0.395 e. The van der Waals surface area contributed by atoms with Gasteiger partial charge in [0, 0.05) is 18.9 Å². The number of hydrogen-bond acceptors (Lipinski definition) is 5. The highest BCUT2D eigenvalue weighted by atomic mass is 16.6. The van der Waals surface area contributed by atoms with Crippen LogP contribution in [0.3, 0.4) is 0 Å². The summed E-state index contributed by atoms with van der Waals surface area (Å²) in [5.74, 6) is -1.06. The van der Waals surface area contributed by atoms with E-state index in [1.165, 1.54) is 6.07 Å². The number of aromatic nitrogens is 2. The summed E-state index contributed by atoms with van der Waals surface area (Å²) in [6, 6.07) is 11.7. The fourth-order valence-electron chi connectivity index (χ4n) is 2.01. The maximum Gasteiger partial charge on any atom is 0.433 e.